The van der Waals surface area contributed by atoms with Crippen molar-refractivity contribution in [2.45, 2.75) is 31.6 Å². The zero-order chi connectivity index (χ0) is 13.8. The van der Waals surface area contributed by atoms with Crippen LogP contribution >= 0.6 is 27.5 Å². The predicted molar refractivity (Wildman–Crippen MR) is 78.4 cm³/mol. The van der Waals surface area contributed by atoms with E-state index in [0.717, 1.165) is 12.8 Å². The minimum absolute atomic E-state index is 0.227. The molecule has 3 nitrogen and oxygen atoms in total. The molecule has 0 unspecified atom stereocenters. The highest BCUT2D eigenvalue weighted by atomic mass is 79.9. The van der Waals surface area contributed by atoms with Crippen molar-refractivity contribution in [3.63, 3.8) is 0 Å². The van der Waals surface area contributed by atoms with Crippen molar-refractivity contribution < 1.29 is 8.42 Å². The fourth-order valence-corrected chi connectivity index (χ4v) is 3.32. The minimum Gasteiger partial charge on any atom is -0.211 e. The molecule has 0 aliphatic carbocycles. The topological polar surface area (TPSA) is 46.2 Å². The summed E-state index contributed by atoms with van der Waals surface area (Å²) < 4.78 is 27.3. The zero-order valence-corrected chi connectivity index (χ0v) is 13.6. The molecule has 0 aromatic heterocycles. The lowest BCUT2D eigenvalue weighted by Crippen LogP contribution is -2.29. The predicted octanol–water partition coefficient (Wildman–Crippen LogP) is 3.82. The van der Waals surface area contributed by atoms with E-state index in [2.05, 4.69) is 34.5 Å². The van der Waals surface area contributed by atoms with E-state index >= 15 is 0 Å². The van der Waals surface area contributed by atoms with Crippen LogP contribution in [-0.2, 0) is 10.0 Å². The Hall–Kier alpha value is -0.100. The van der Waals surface area contributed by atoms with Gasteiger partial charge in [-0.05, 0) is 40.0 Å². The quantitative estimate of drug-likeness (QED) is 0.844. The summed E-state index contributed by atoms with van der Waals surface area (Å²) in [6, 6.07) is 4.58. The second-order valence-corrected chi connectivity index (χ2v) is 7.14. The minimum atomic E-state index is -3.45. The largest absolute Gasteiger partial charge is 0.240 e. The van der Waals surface area contributed by atoms with Crippen LogP contribution in [0.4, 0.5) is 0 Å². The van der Waals surface area contributed by atoms with Crippen LogP contribution in [0, 0.1) is 5.92 Å². The first-order valence-electron chi connectivity index (χ1n) is 5.85. The second-order valence-electron chi connectivity index (χ2n) is 4.11. The highest BCUT2D eigenvalue weighted by Gasteiger charge is 2.16. The molecule has 0 saturated heterocycles. The molecule has 1 rings (SSSR count). The van der Waals surface area contributed by atoms with Gasteiger partial charge in [-0.25, -0.2) is 13.1 Å². The van der Waals surface area contributed by atoms with Crippen molar-refractivity contribution >= 4 is 37.6 Å². The van der Waals surface area contributed by atoms with E-state index in [1.165, 1.54) is 12.1 Å². The molecule has 0 aliphatic heterocycles. The molecule has 0 fully saturated rings. The van der Waals surface area contributed by atoms with E-state index in [9.17, 15) is 8.42 Å². The average molecular weight is 355 g/mol. The fraction of sp³-hybridized carbons (Fsp3) is 0.500. The molecule has 6 heteroatoms. The smallest absolute Gasteiger partial charge is 0.211 e. The van der Waals surface area contributed by atoms with Gasteiger partial charge < -0.3 is 0 Å². The molecule has 0 amide bonds. The van der Waals surface area contributed by atoms with Crippen molar-refractivity contribution in [2.24, 2.45) is 5.92 Å². The van der Waals surface area contributed by atoms with Crippen molar-refractivity contribution in [1.29, 1.82) is 0 Å². The first kappa shape index (κ1) is 16.0. The molecule has 0 spiro atoms. The number of hydrogen-bond acceptors (Lipinski definition) is 2. The maximum Gasteiger partial charge on any atom is 0.240 e. The number of rotatable bonds is 6. The Balaban J connectivity index is 2.83. The Morgan fingerprint density at radius 2 is 1.94 bits per heavy atom. The first-order chi connectivity index (χ1) is 8.40. The summed E-state index contributed by atoms with van der Waals surface area (Å²) in [7, 11) is -3.45. The Labute approximate surface area is 122 Å². The molecule has 0 aliphatic rings. The first-order valence-corrected chi connectivity index (χ1v) is 8.50. The van der Waals surface area contributed by atoms with Crippen LogP contribution in [0.3, 0.4) is 0 Å². The molecule has 1 aromatic rings. The highest BCUT2D eigenvalue weighted by Crippen LogP contribution is 2.25. The number of halogens is 2. The van der Waals surface area contributed by atoms with Gasteiger partial charge in [-0.15, -0.1) is 0 Å². The molecule has 0 heterocycles. The van der Waals surface area contributed by atoms with Crippen molar-refractivity contribution in [3.05, 3.63) is 27.7 Å². The summed E-state index contributed by atoms with van der Waals surface area (Å²) >= 11 is 9.06. The van der Waals surface area contributed by atoms with Gasteiger partial charge in [0, 0.05) is 11.0 Å². The number of hydrogen-bond donors (Lipinski definition) is 1. The second kappa shape index (κ2) is 6.89. The van der Waals surface area contributed by atoms with E-state index in [4.69, 9.17) is 11.6 Å². The highest BCUT2D eigenvalue weighted by molar-refractivity contribution is 9.10. The Kier molecular flexibility index (Phi) is 6.11. The maximum atomic E-state index is 12.1. The molecular formula is C12H17BrClNO2S. The van der Waals surface area contributed by atoms with Crippen LogP contribution in [0.5, 0.6) is 0 Å². The van der Waals surface area contributed by atoms with E-state index in [-0.39, 0.29) is 4.90 Å². The van der Waals surface area contributed by atoms with Crippen molar-refractivity contribution in [2.75, 3.05) is 6.54 Å². The molecule has 102 valence electrons. The molecule has 0 saturated carbocycles. The summed E-state index contributed by atoms with van der Waals surface area (Å²) in [5.74, 6) is 0.371. The normalized spacial score (nSPS) is 12.1. The van der Waals surface area contributed by atoms with Crippen LogP contribution in [0.1, 0.15) is 26.7 Å². The van der Waals surface area contributed by atoms with Gasteiger partial charge in [-0.1, -0.05) is 38.3 Å². The van der Waals surface area contributed by atoms with Gasteiger partial charge >= 0.3 is 0 Å². The molecule has 1 aromatic carbocycles. The summed E-state index contributed by atoms with van der Waals surface area (Å²) in [6.45, 7) is 4.58. The zero-order valence-electron chi connectivity index (χ0n) is 10.4. The average Bonchev–Trinajstić information content (AvgIpc) is 2.33. The SMILES string of the molecule is CCC(CC)CNS(=O)(=O)c1ccc(Cl)c(Br)c1. The summed E-state index contributed by atoms with van der Waals surface area (Å²) in [4.78, 5) is 0.227. The maximum absolute atomic E-state index is 12.1. The van der Waals surface area contributed by atoms with E-state index in [1.54, 1.807) is 6.07 Å². The molecule has 18 heavy (non-hydrogen) atoms. The third kappa shape index (κ3) is 4.23. The molecule has 0 bridgehead atoms. The third-order valence-electron chi connectivity index (χ3n) is 2.92. The van der Waals surface area contributed by atoms with Gasteiger partial charge in [-0.2, -0.15) is 0 Å². The van der Waals surface area contributed by atoms with Crippen LogP contribution in [0.15, 0.2) is 27.6 Å². The van der Waals surface area contributed by atoms with Gasteiger partial charge in [0.25, 0.3) is 0 Å². The Morgan fingerprint density at radius 3 is 2.44 bits per heavy atom. The van der Waals surface area contributed by atoms with Crippen LogP contribution in [-0.4, -0.2) is 15.0 Å². The number of sulfonamides is 1. The molecular weight excluding hydrogens is 338 g/mol. The van der Waals surface area contributed by atoms with Gasteiger partial charge in [0.15, 0.2) is 0 Å². The van der Waals surface area contributed by atoms with Crippen LogP contribution in [0.25, 0.3) is 0 Å². The molecule has 0 atom stereocenters. The number of nitrogens with one attached hydrogen (secondary N) is 1. The summed E-state index contributed by atoms with van der Waals surface area (Å²) in [5.41, 5.74) is 0. The lowest BCUT2D eigenvalue weighted by atomic mass is 10.0. The van der Waals surface area contributed by atoms with Crippen LogP contribution < -0.4 is 4.72 Å². The van der Waals surface area contributed by atoms with Gasteiger partial charge in [-0.3, -0.25) is 0 Å². The van der Waals surface area contributed by atoms with Crippen molar-refractivity contribution in [1.82, 2.24) is 4.72 Å². The van der Waals surface area contributed by atoms with Crippen LogP contribution in [0.2, 0.25) is 5.02 Å². The summed E-state index contributed by atoms with van der Waals surface area (Å²) in [5, 5.41) is 0.494. The molecule has 0 radical (unpaired) electrons. The van der Waals surface area contributed by atoms with E-state index in [1.807, 2.05) is 0 Å². The van der Waals surface area contributed by atoms with Gasteiger partial charge in [0.05, 0.1) is 9.92 Å². The number of benzene rings is 1. The van der Waals surface area contributed by atoms with E-state index < -0.39 is 10.0 Å². The van der Waals surface area contributed by atoms with Gasteiger partial charge in [0.2, 0.25) is 10.0 Å². The lowest BCUT2D eigenvalue weighted by molar-refractivity contribution is 0.479. The summed E-state index contributed by atoms with van der Waals surface area (Å²) in [6.07, 6.45) is 1.92. The van der Waals surface area contributed by atoms with E-state index in [0.29, 0.717) is 22.0 Å². The Bertz CT molecular complexity index is 501. The molecule has 1 N–H and O–H groups in total. The Morgan fingerprint density at radius 1 is 1.33 bits per heavy atom. The monoisotopic (exact) mass is 353 g/mol. The fourth-order valence-electron chi connectivity index (χ4n) is 1.53. The third-order valence-corrected chi connectivity index (χ3v) is 5.55. The van der Waals surface area contributed by atoms with Gasteiger partial charge in [0.1, 0.15) is 0 Å². The standard InChI is InChI=1S/C12H17BrClNO2S/c1-3-9(4-2)8-15-18(16,17)10-5-6-12(14)11(13)7-10/h5-7,9,15H,3-4,8H2,1-2H3. The van der Waals surface area contributed by atoms with Crippen molar-refractivity contribution in [3.8, 4) is 0 Å². The lowest BCUT2D eigenvalue weighted by Gasteiger charge is -2.13.